The highest BCUT2D eigenvalue weighted by Gasteiger charge is 2.38. The third-order valence-electron chi connectivity index (χ3n) is 4.62. The summed E-state index contributed by atoms with van der Waals surface area (Å²) in [4.78, 5) is 12.0. The topological polar surface area (TPSA) is 81.9 Å². The third-order valence-corrected chi connectivity index (χ3v) is 4.62. The molecular formula is C16H21N5O2. The van der Waals surface area contributed by atoms with Gasteiger partial charge < -0.3 is 10.1 Å². The van der Waals surface area contributed by atoms with Crippen molar-refractivity contribution in [1.82, 2.24) is 25.5 Å². The summed E-state index contributed by atoms with van der Waals surface area (Å²) in [5.74, 6) is 0.347. The van der Waals surface area contributed by atoms with Gasteiger partial charge in [0.1, 0.15) is 0 Å². The van der Waals surface area contributed by atoms with Crippen LogP contribution >= 0.6 is 0 Å². The minimum absolute atomic E-state index is 0.259. The molecule has 1 heterocycles. The van der Waals surface area contributed by atoms with Crippen LogP contribution in [0.2, 0.25) is 0 Å². The summed E-state index contributed by atoms with van der Waals surface area (Å²) < 4.78 is 6.54. The van der Waals surface area contributed by atoms with Gasteiger partial charge in [-0.05, 0) is 42.4 Å². The van der Waals surface area contributed by atoms with Gasteiger partial charge in [-0.1, -0.05) is 31.4 Å². The number of aromatic nitrogens is 4. The molecular weight excluding hydrogens is 294 g/mol. The Balaban J connectivity index is 2.10. The van der Waals surface area contributed by atoms with Gasteiger partial charge in [0.2, 0.25) is 0 Å². The zero-order valence-corrected chi connectivity index (χ0v) is 13.5. The number of carbonyl (C=O) groups is 1. The van der Waals surface area contributed by atoms with E-state index >= 15 is 0 Å². The molecule has 0 amide bonds. The second kappa shape index (κ2) is 6.45. The molecule has 0 bridgehead atoms. The second-order valence-electron chi connectivity index (χ2n) is 5.82. The van der Waals surface area contributed by atoms with Crippen molar-refractivity contribution in [2.75, 3.05) is 14.2 Å². The van der Waals surface area contributed by atoms with Gasteiger partial charge in [-0.2, -0.15) is 4.68 Å². The number of rotatable bonds is 4. The predicted molar refractivity (Wildman–Crippen MR) is 84.3 cm³/mol. The van der Waals surface area contributed by atoms with E-state index in [-0.39, 0.29) is 5.54 Å². The number of ether oxygens (including phenoxy) is 1. The van der Waals surface area contributed by atoms with E-state index < -0.39 is 5.97 Å². The molecule has 0 atom stereocenters. The number of tetrazole rings is 1. The van der Waals surface area contributed by atoms with E-state index in [1.807, 2.05) is 19.2 Å². The van der Waals surface area contributed by atoms with E-state index in [1.54, 1.807) is 16.8 Å². The van der Waals surface area contributed by atoms with Crippen LogP contribution in [0, 0.1) is 0 Å². The average Bonchev–Trinajstić information content (AvgIpc) is 3.12. The maximum absolute atomic E-state index is 12.0. The van der Waals surface area contributed by atoms with Crippen molar-refractivity contribution in [3.8, 4) is 5.69 Å². The number of methoxy groups -OCH3 is 1. The van der Waals surface area contributed by atoms with E-state index in [9.17, 15) is 4.79 Å². The van der Waals surface area contributed by atoms with E-state index in [4.69, 9.17) is 4.74 Å². The molecule has 1 aromatic carbocycles. The molecule has 1 N–H and O–H groups in total. The van der Waals surface area contributed by atoms with Gasteiger partial charge in [0.05, 0.1) is 23.9 Å². The molecule has 1 aliphatic carbocycles. The molecule has 122 valence electrons. The van der Waals surface area contributed by atoms with Crippen molar-refractivity contribution in [3.05, 3.63) is 35.7 Å². The molecule has 1 aromatic heterocycles. The summed E-state index contributed by atoms with van der Waals surface area (Å²) in [6, 6.07) is 7.21. The largest absolute Gasteiger partial charge is 0.465 e. The van der Waals surface area contributed by atoms with Crippen LogP contribution in [0.15, 0.2) is 24.3 Å². The van der Waals surface area contributed by atoms with Crippen LogP contribution < -0.4 is 5.32 Å². The smallest absolute Gasteiger partial charge is 0.340 e. The molecule has 0 spiro atoms. The van der Waals surface area contributed by atoms with Gasteiger partial charge in [-0.15, -0.1) is 5.10 Å². The fourth-order valence-corrected chi connectivity index (χ4v) is 3.33. The quantitative estimate of drug-likeness (QED) is 0.867. The van der Waals surface area contributed by atoms with Crippen molar-refractivity contribution >= 4 is 5.97 Å². The van der Waals surface area contributed by atoms with Crippen LogP contribution in [0.1, 0.15) is 48.3 Å². The summed E-state index contributed by atoms with van der Waals surface area (Å²) in [5, 5.41) is 15.7. The zero-order valence-electron chi connectivity index (χ0n) is 13.5. The van der Waals surface area contributed by atoms with Crippen molar-refractivity contribution in [1.29, 1.82) is 0 Å². The minimum Gasteiger partial charge on any atom is -0.465 e. The molecule has 7 nitrogen and oxygen atoms in total. The molecule has 0 unspecified atom stereocenters. The Bertz CT molecular complexity index is 691. The highest BCUT2D eigenvalue weighted by Crippen LogP contribution is 2.36. The van der Waals surface area contributed by atoms with Gasteiger partial charge in [0.25, 0.3) is 0 Å². The van der Waals surface area contributed by atoms with Crippen molar-refractivity contribution < 1.29 is 9.53 Å². The third kappa shape index (κ3) is 2.72. The first-order valence-corrected chi connectivity index (χ1v) is 7.87. The van der Waals surface area contributed by atoms with Crippen LogP contribution in [0.5, 0.6) is 0 Å². The number of hydrogen-bond donors (Lipinski definition) is 1. The highest BCUT2D eigenvalue weighted by molar-refractivity contribution is 5.93. The number of benzene rings is 1. The first kappa shape index (κ1) is 15.6. The maximum atomic E-state index is 12.0. The molecule has 7 heteroatoms. The normalized spacial score (nSPS) is 17.0. The Kier molecular flexibility index (Phi) is 4.38. The molecule has 1 aliphatic rings. The minimum atomic E-state index is -0.399. The van der Waals surface area contributed by atoms with Crippen LogP contribution in [-0.2, 0) is 10.3 Å². The summed E-state index contributed by atoms with van der Waals surface area (Å²) >= 11 is 0. The van der Waals surface area contributed by atoms with Gasteiger partial charge in [-0.25, -0.2) is 4.79 Å². The number of esters is 1. The van der Waals surface area contributed by atoms with Crippen LogP contribution in [0.3, 0.4) is 0 Å². The van der Waals surface area contributed by atoms with Gasteiger partial charge in [-0.3, -0.25) is 0 Å². The predicted octanol–water partition coefficient (Wildman–Crippen LogP) is 1.83. The SMILES string of the molecule is CNC1(c2nnnn2-c2ccccc2C(=O)OC)CCCCC1. The van der Waals surface area contributed by atoms with Crippen LogP contribution in [0.4, 0.5) is 0 Å². The lowest BCUT2D eigenvalue weighted by atomic mass is 9.81. The number of nitrogens with zero attached hydrogens (tertiary/aromatic N) is 4. The van der Waals surface area contributed by atoms with Crippen molar-refractivity contribution in [3.63, 3.8) is 0 Å². The second-order valence-corrected chi connectivity index (χ2v) is 5.82. The standard InChI is InChI=1S/C16H21N5O2/c1-17-16(10-6-3-7-11-16)15-18-19-20-21(15)13-9-5-4-8-12(13)14(22)23-2/h4-5,8-9,17H,3,6-7,10-11H2,1-2H3. The first-order chi connectivity index (χ1) is 11.2. The Hall–Kier alpha value is -2.28. The molecule has 2 aromatic rings. The lowest BCUT2D eigenvalue weighted by Gasteiger charge is -2.35. The summed E-state index contributed by atoms with van der Waals surface area (Å²) in [7, 11) is 3.31. The number of para-hydroxylation sites is 1. The monoisotopic (exact) mass is 315 g/mol. The molecule has 1 saturated carbocycles. The number of nitrogens with one attached hydrogen (secondary N) is 1. The Labute approximate surface area is 135 Å². The van der Waals surface area contributed by atoms with Crippen LogP contribution in [0.25, 0.3) is 5.69 Å². The summed E-state index contributed by atoms with van der Waals surface area (Å²) in [5.41, 5.74) is 0.829. The van der Waals surface area contributed by atoms with Crippen LogP contribution in [-0.4, -0.2) is 40.3 Å². The lowest BCUT2D eigenvalue weighted by Crippen LogP contribution is -2.44. The molecule has 0 radical (unpaired) electrons. The fourth-order valence-electron chi connectivity index (χ4n) is 3.33. The molecule has 1 fully saturated rings. The zero-order chi connectivity index (χ0) is 16.3. The Morgan fingerprint density at radius 3 is 2.70 bits per heavy atom. The summed E-state index contributed by atoms with van der Waals surface area (Å²) in [6.07, 6.45) is 5.44. The van der Waals surface area contributed by atoms with Crippen molar-refractivity contribution in [2.45, 2.75) is 37.6 Å². The Morgan fingerprint density at radius 1 is 1.26 bits per heavy atom. The van der Waals surface area contributed by atoms with Gasteiger partial charge >= 0.3 is 5.97 Å². The van der Waals surface area contributed by atoms with Gasteiger partial charge in [0.15, 0.2) is 5.82 Å². The maximum Gasteiger partial charge on any atom is 0.340 e. The highest BCUT2D eigenvalue weighted by atomic mass is 16.5. The fraction of sp³-hybridized carbons (Fsp3) is 0.500. The molecule has 3 rings (SSSR count). The van der Waals surface area contributed by atoms with Crippen molar-refractivity contribution in [2.24, 2.45) is 0 Å². The molecule has 23 heavy (non-hydrogen) atoms. The lowest BCUT2D eigenvalue weighted by molar-refractivity contribution is 0.0600. The van der Waals surface area contributed by atoms with E-state index in [1.165, 1.54) is 13.5 Å². The number of hydrogen-bond acceptors (Lipinski definition) is 6. The molecule has 0 saturated heterocycles. The van der Waals surface area contributed by atoms with E-state index in [0.29, 0.717) is 11.3 Å². The van der Waals surface area contributed by atoms with Gasteiger partial charge in [0, 0.05) is 0 Å². The average molecular weight is 315 g/mol. The summed E-state index contributed by atoms with van der Waals surface area (Å²) in [6.45, 7) is 0. The van der Waals surface area contributed by atoms with E-state index in [2.05, 4.69) is 20.8 Å². The first-order valence-electron chi connectivity index (χ1n) is 7.87. The molecule has 0 aliphatic heterocycles. The number of carbonyl (C=O) groups excluding carboxylic acids is 1. The Morgan fingerprint density at radius 2 is 2.00 bits per heavy atom. The van der Waals surface area contributed by atoms with E-state index in [0.717, 1.165) is 31.5 Å².